The van der Waals surface area contributed by atoms with Crippen molar-refractivity contribution < 1.29 is 9.13 Å². The van der Waals surface area contributed by atoms with Gasteiger partial charge in [-0.15, -0.1) is 11.6 Å². The van der Waals surface area contributed by atoms with Crippen molar-refractivity contribution in [3.05, 3.63) is 59.4 Å². The summed E-state index contributed by atoms with van der Waals surface area (Å²) in [7, 11) is 3.49. The molecule has 0 amide bonds. The predicted octanol–water partition coefficient (Wildman–Crippen LogP) is 4.21. The van der Waals surface area contributed by atoms with Gasteiger partial charge in [-0.1, -0.05) is 18.2 Å². The van der Waals surface area contributed by atoms with E-state index in [0.29, 0.717) is 18.1 Å². The molecule has 2 aromatic carbocycles. The molecule has 4 heteroatoms. The second-order valence-corrected chi connectivity index (χ2v) is 4.89. The summed E-state index contributed by atoms with van der Waals surface area (Å²) in [5.41, 5.74) is 2.40. The number of ether oxygens (including phenoxy) is 1. The van der Waals surface area contributed by atoms with E-state index >= 15 is 0 Å². The number of rotatable bonds is 5. The van der Waals surface area contributed by atoms with Crippen molar-refractivity contribution in [1.82, 2.24) is 0 Å². The van der Waals surface area contributed by atoms with Gasteiger partial charge in [0.1, 0.15) is 11.6 Å². The predicted molar refractivity (Wildman–Crippen MR) is 81.1 cm³/mol. The van der Waals surface area contributed by atoms with Crippen molar-refractivity contribution in [2.24, 2.45) is 0 Å². The molecule has 0 aliphatic carbocycles. The molecule has 0 bridgehead atoms. The fourth-order valence-corrected chi connectivity index (χ4v) is 2.24. The van der Waals surface area contributed by atoms with Crippen LogP contribution in [-0.4, -0.2) is 14.2 Å². The van der Waals surface area contributed by atoms with Crippen molar-refractivity contribution in [3.8, 4) is 5.75 Å². The first kappa shape index (κ1) is 14.7. The Morgan fingerprint density at radius 1 is 1.15 bits per heavy atom. The van der Waals surface area contributed by atoms with Gasteiger partial charge >= 0.3 is 0 Å². The van der Waals surface area contributed by atoms with Gasteiger partial charge in [-0.25, -0.2) is 4.39 Å². The number of alkyl halides is 1. The normalized spacial score (nSPS) is 10.4. The minimum atomic E-state index is -0.256. The van der Waals surface area contributed by atoms with Gasteiger partial charge < -0.3 is 9.64 Å². The number of hydrogen-bond acceptors (Lipinski definition) is 2. The third kappa shape index (κ3) is 3.42. The average Bonchev–Trinajstić information content (AvgIpc) is 2.47. The van der Waals surface area contributed by atoms with E-state index < -0.39 is 0 Å². The first-order valence-electron chi connectivity index (χ1n) is 6.32. The second kappa shape index (κ2) is 6.62. The van der Waals surface area contributed by atoms with Gasteiger partial charge in [-0.05, 0) is 35.4 Å². The van der Waals surface area contributed by atoms with E-state index in [1.807, 2.05) is 42.3 Å². The molecule has 0 aliphatic heterocycles. The average molecular weight is 294 g/mol. The van der Waals surface area contributed by atoms with Gasteiger partial charge in [0.2, 0.25) is 0 Å². The zero-order valence-electron chi connectivity index (χ0n) is 11.6. The molecule has 0 saturated heterocycles. The molecule has 0 saturated carbocycles. The van der Waals surface area contributed by atoms with Crippen molar-refractivity contribution in [3.63, 3.8) is 0 Å². The van der Waals surface area contributed by atoms with E-state index in [1.54, 1.807) is 13.2 Å². The lowest BCUT2D eigenvalue weighted by molar-refractivity contribution is 0.414. The standard InChI is InChI=1S/C16H17ClFNO/c1-19(11-13-4-3-5-14(8-13)20-2)16-7-6-12(10-17)9-15(16)18/h3-9H,10-11H2,1-2H3. The molecule has 2 aromatic rings. The van der Waals surface area contributed by atoms with Crippen LogP contribution in [0.4, 0.5) is 10.1 Å². The molecule has 0 unspecified atom stereocenters. The molecule has 0 aromatic heterocycles. The lowest BCUT2D eigenvalue weighted by Crippen LogP contribution is -2.17. The van der Waals surface area contributed by atoms with E-state index in [1.165, 1.54) is 6.07 Å². The quantitative estimate of drug-likeness (QED) is 0.766. The lowest BCUT2D eigenvalue weighted by atomic mass is 10.1. The maximum Gasteiger partial charge on any atom is 0.146 e. The third-order valence-corrected chi connectivity index (χ3v) is 3.44. The Hall–Kier alpha value is -1.74. The first-order valence-corrected chi connectivity index (χ1v) is 6.86. The van der Waals surface area contributed by atoms with Crippen LogP contribution in [0, 0.1) is 5.82 Å². The molecule has 0 N–H and O–H groups in total. The Morgan fingerprint density at radius 3 is 2.60 bits per heavy atom. The maximum atomic E-state index is 14.0. The summed E-state index contributed by atoms with van der Waals surface area (Å²) >= 11 is 5.70. The number of hydrogen-bond donors (Lipinski definition) is 0. The molecule has 0 radical (unpaired) electrons. The van der Waals surface area contributed by atoms with Gasteiger partial charge in [0.25, 0.3) is 0 Å². The highest BCUT2D eigenvalue weighted by atomic mass is 35.5. The molecule has 106 valence electrons. The third-order valence-electron chi connectivity index (χ3n) is 3.13. The van der Waals surface area contributed by atoms with Gasteiger partial charge in [0.15, 0.2) is 0 Å². The molecule has 0 fully saturated rings. The van der Waals surface area contributed by atoms with Gasteiger partial charge in [0.05, 0.1) is 12.8 Å². The number of benzene rings is 2. The highest BCUT2D eigenvalue weighted by molar-refractivity contribution is 6.17. The summed E-state index contributed by atoms with van der Waals surface area (Å²) in [6.45, 7) is 0.605. The molecule has 2 nitrogen and oxygen atoms in total. The summed E-state index contributed by atoms with van der Waals surface area (Å²) in [6, 6.07) is 12.8. The summed E-state index contributed by atoms with van der Waals surface area (Å²) in [5.74, 6) is 0.860. The number of nitrogens with zero attached hydrogens (tertiary/aromatic N) is 1. The van der Waals surface area contributed by atoms with E-state index in [4.69, 9.17) is 16.3 Å². The summed E-state index contributed by atoms with van der Waals surface area (Å²) in [6.07, 6.45) is 0. The van der Waals surface area contributed by atoms with Crippen LogP contribution >= 0.6 is 11.6 Å². The van der Waals surface area contributed by atoms with Crippen molar-refractivity contribution >= 4 is 17.3 Å². The largest absolute Gasteiger partial charge is 0.497 e. The van der Waals surface area contributed by atoms with Crippen LogP contribution in [0.2, 0.25) is 0 Å². The summed E-state index contributed by atoms with van der Waals surface area (Å²) < 4.78 is 19.2. The van der Waals surface area contributed by atoms with Crippen LogP contribution in [-0.2, 0) is 12.4 Å². The van der Waals surface area contributed by atoms with Crippen molar-refractivity contribution in [1.29, 1.82) is 0 Å². The van der Waals surface area contributed by atoms with Gasteiger partial charge in [-0.3, -0.25) is 0 Å². The summed E-state index contributed by atoms with van der Waals surface area (Å²) in [4.78, 5) is 1.86. The van der Waals surface area contributed by atoms with Crippen LogP contribution in [0.15, 0.2) is 42.5 Å². The minimum absolute atomic E-state index is 0.256. The van der Waals surface area contributed by atoms with Crippen LogP contribution < -0.4 is 9.64 Å². The number of halogens is 2. The molecule has 0 heterocycles. The van der Waals surface area contributed by atoms with Crippen LogP contribution in [0.1, 0.15) is 11.1 Å². The first-order chi connectivity index (χ1) is 9.63. The zero-order chi connectivity index (χ0) is 14.5. The zero-order valence-corrected chi connectivity index (χ0v) is 12.3. The highest BCUT2D eigenvalue weighted by Crippen LogP contribution is 2.23. The Labute approximate surface area is 123 Å². The second-order valence-electron chi connectivity index (χ2n) is 4.63. The van der Waals surface area contributed by atoms with Crippen LogP contribution in [0.5, 0.6) is 5.75 Å². The highest BCUT2D eigenvalue weighted by Gasteiger charge is 2.09. The Kier molecular flexibility index (Phi) is 4.85. The molecule has 20 heavy (non-hydrogen) atoms. The van der Waals surface area contributed by atoms with E-state index in [0.717, 1.165) is 16.9 Å². The van der Waals surface area contributed by atoms with Crippen LogP contribution in [0.25, 0.3) is 0 Å². The van der Waals surface area contributed by atoms with Gasteiger partial charge in [0, 0.05) is 19.5 Å². The fourth-order valence-electron chi connectivity index (χ4n) is 2.07. The van der Waals surface area contributed by atoms with E-state index in [2.05, 4.69) is 0 Å². The topological polar surface area (TPSA) is 12.5 Å². The van der Waals surface area contributed by atoms with Crippen LogP contribution in [0.3, 0.4) is 0 Å². The molecular weight excluding hydrogens is 277 g/mol. The van der Waals surface area contributed by atoms with Gasteiger partial charge in [-0.2, -0.15) is 0 Å². The molecule has 0 spiro atoms. The lowest BCUT2D eigenvalue weighted by Gasteiger charge is -2.20. The minimum Gasteiger partial charge on any atom is -0.497 e. The maximum absolute atomic E-state index is 14.0. The molecule has 0 aliphatic rings. The Morgan fingerprint density at radius 2 is 1.95 bits per heavy atom. The van der Waals surface area contributed by atoms with Crippen molar-refractivity contribution in [2.75, 3.05) is 19.1 Å². The fraction of sp³-hybridized carbons (Fsp3) is 0.250. The molecule has 2 rings (SSSR count). The SMILES string of the molecule is COc1cccc(CN(C)c2ccc(CCl)cc2F)c1. The number of anilines is 1. The summed E-state index contributed by atoms with van der Waals surface area (Å²) in [5, 5.41) is 0. The monoisotopic (exact) mass is 293 g/mol. The van der Waals surface area contributed by atoms with Crippen molar-refractivity contribution in [2.45, 2.75) is 12.4 Å². The van der Waals surface area contributed by atoms with E-state index in [-0.39, 0.29) is 5.82 Å². The molecule has 0 atom stereocenters. The smallest absolute Gasteiger partial charge is 0.146 e. The number of methoxy groups -OCH3 is 1. The molecular formula is C16H17ClFNO. The van der Waals surface area contributed by atoms with E-state index in [9.17, 15) is 4.39 Å². The Balaban J connectivity index is 2.16. The Bertz CT molecular complexity index is 588.